The Morgan fingerprint density at radius 2 is 1.77 bits per heavy atom. The minimum atomic E-state index is -4.72. The van der Waals surface area contributed by atoms with Gasteiger partial charge in [-0.05, 0) is 61.4 Å². The molecule has 35 heavy (non-hydrogen) atoms. The van der Waals surface area contributed by atoms with E-state index in [1.807, 2.05) is 13.8 Å². The maximum atomic E-state index is 13.0. The van der Waals surface area contributed by atoms with Crippen LogP contribution in [0.25, 0.3) is 10.9 Å². The molecule has 5 rings (SSSR count). The fourth-order valence-electron chi connectivity index (χ4n) is 5.13. The molecule has 0 amide bonds. The van der Waals surface area contributed by atoms with Crippen LogP contribution in [0, 0.1) is 6.92 Å². The van der Waals surface area contributed by atoms with Crippen LogP contribution in [0.2, 0.25) is 0 Å². The maximum absolute atomic E-state index is 13.0. The van der Waals surface area contributed by atoms with Crippen molar-refractivity contribution in [3.05, 3.63) is 58.4 Å². The highest BCUT2D eigenvalue weighted by atomic mass is 19.4. The smallest absolute Gasteiger partial charge is 0.379 e. The number of hydrogen-bond acceptors (Lipinski definition) is 6. The molecule has 1 saturated heterocycles. The van der Waals surface area contributed by atoms with Crippen molar-refractivity contribution in [1.29, 1.82) is 0 Å². The lowest BCUT2D eigenvalue weighted by atomic mass is 10.0. The van der Waals surface area contributed by atoms with E-state index in [2.05, 4.69) is 21.3 Å². The number of aromatic nitrogens is 2. The predicted octanol–water partition coefficient (Wildman–Crippen LogP) is 5.03. The van der Waals surface area contributed by atoms with Gasteiger partial charge < -0.3 is 20.1 Å². The first-order valence-corrected chi connectivity index (χ1v) is 12.0. The molecule has 0 spiro atoms. The molecular formula is C26H29F3N4O2. The van der Waals surface area contributed by atoms with Crippen molar-refractivity contribution in [3.63, 3.8) is 0 Å². The average Bonchev–Trinajstić information content (AvgIpc) is 3.33. The molecule has 6 nitrogen and oxygen atoms in total. The molecule has 186 valence electrons. The summed E-state index contributed by atoms with van der Waals surface area (Å²) in [6, 6.07) is 7.78. The van der Waals surface area contributed by atoms with E-state index in [4.69, 9.17) is 9.72 Å². The van der Waals surface area contributed by atoms with Crippen molar-refractivity contribution in [2.24, 2.45) is 0 Å². The summed E-state index contributed by atoms with van der Waals surface area (Å²) in [5.74, 6) is 1.30. The Kier molecular flexibility index (Phi) is 6.31. The van der Waals surface area contributed by atoms with Crippen LogP contribution in [0.3, 0.4) is 0 Å². The van der Waals surface area contributed by atoms with Gasteiger partial charge in [0, 0.05) is 30.2 Å². The fraction of sp³-hybridized carbons (Fsp3) is 0.462. The molecule has 1 fully saturated rings. The first-order valence-electron chi connectivity index (χ1n) is 12.0. The number of nitrogens with zero attached hydrogens (tertiary/aromatic N) is 3. The van der Waals surface area contributed by atoms with Gasteiger partial charge in [-0.3, -0.25) is 0 Å². The summed E-state index contributed by atoms with van der Waals surface area (Å²) in [6.45, 7) is 6.78. The van der Waals surface area contributed by atoms with E-state index >= 15 is 0 Å². The van der Waals surface area contributed by atoms with Gasteiger partial charge in [0.05, 0.1) is 18.7 Å². The van der Waals surface area contributed by atoms with Crippen LogP contribution in [0.15, 0.2) is 30.3 Å². The first-order chi connectivity index (χ1) is 16.7. The van der Waals surface area contributed by atoms with Crippen LogP contribution in [0.4, 0.5) is 24.7 Å². The molecule has 1 unspecified atom stereocenters. The van der Waals surface area contributed by atoms with Crippen LogP contribution < -0.4 is 10.2 Å². The Labute approximate surface area is 202 Å². The molecule has 2 aliphatic rings. The van der Waals surface area contributed by atoms with Crippen LogP contribution in [0.5, 0.6) is 0 Å². The Bertz CT molecular complexity index is 1240. The first kappa shape index (κ1) is 23.8. The second-order valence-corrected chi connectivity index (χ2v) is 9.30. The van der Waals surface area contributed by atoms with Gasteiger partial charge in [0.25, 0.3) is 0 Å². The second-order valence-electron chi connectivity index (χ2n) is 9.30. The molecule has 2 aromatic carbocycles. The number of hydrogen-bond donors (Lipinski definition) is 2. The maximum Gasteiger partial charge on any atom is 0.418 e. The summed E-state index contributed by atoms with van der Waals surface area (Å²) in [5.41, 5.74) is 5.21. The zero-order chi connectivity index (χ0) is 24.7. The summed E-state index contributed by atoms with van der Waals surface area (Å²) >= 11 is 0. The number of ether oxygens (including phenoxy) is 1. The number of fused-ring (bicyclic) bond motifs is 3. The van der Waals surface area contributed by atoms with Crippen molar-refractivity contribution in [2.75, 3.05) is 36.5 Å². The number of alkyl halides is 3. The molecule has 1 aromatic heterocycles. The van der Waals surface area contributed by atoms with Crippen LogP contribution in [-0.2, 0) is 17.6 Å². The molecule has 9 heteroatoms. The van der Waals surface area contributed by atoms with Gasteiger partial charge in [0.2, 0.25) is 0 Å². The van der Waals surface area contributed by atoms with Crippen LogP contribution >= 0.6 is 0 Å². The van der Waals surface area contributed by atoms with Crippen LogP contribution in [-0.4, -0.2) is 47.6 Å². The Morgan fingerprint density at radius 1 is 1.06 bits per heavy atom. The molecule has 0 radical (unpaired) electrons. The lowest BCUT2D eigenvalue weighted by Crippen LogP contribution is -2.36. The van der Waals surface area contributed by atoms with Crippen molar-refractivity contribution < 1.29 is 23.0 Å². The fourth-order valence-corrected chi connectivity index (χ4v) is 5.13. The van der Waals surface area contributed by atoms with Gasteiger partial charge in [-0.25, -0.2) is 9.97 Å². The van der Waals surface area contributed by atoms with Gasteiger partial charge >= 0.3 is 6.18 Å². The molecule has 1 aliphatic carbocycles. The highest BCUT2D eigenvalue weighted by Crippen LogP contribution is 2.40. The van der Waals surface area contributed by atoms with E-state index in [1.165, 1.54) is 35.0 Å². The number of anilines is 2. The minimum absolute atomic E-state index is 0.181. The van der Waals surface area contributed by atoms with Gasteiger partial charge in [0.15, 0.2) is 6.10 Å². The molecule has 3 aromatic rings. The van der Waals surface area contributed by atoms with Crippen molar-refractivity contribution in [1.82, 2.24) is 9.97 Å². The SMILES string of the molecule is Cc1nc(N[C@@H](C)c2cccc(C(O)C(F)(F)F)c2)c2cc(N3CCOCC3)c3c(c2n1)CCC3. The van der Waals surface area contributed by atoms with Crippen molar-refractivity contribution in [3.8, 4) is 0 Å². The Hall–Kier alpha value is -2.91. The molecule has 2 atom stereocenters. The van der Waals surface area contributed by atoms with Gasteiger partial charge in [0.1, 0.15) is 11.6 Å². The molecular weight excluding hydrogens is 457 g/mol. The number of halogens is 3. The normalized spacial score (nSPS) is 17.9. The molecule has 2 N–H and O–H groups in total. The number of aryl methyl sites for hydroxylation is 2. The lowest BCUT2D eigenvalue weighted by molar-refractivity contribution is -0.206. The number of aliphatic hydroxyl groups is 1. The molecule has 2 heterocycles. The largest absolute Gasteiger partial charge is 0.418 e. The van der Waals surface area contributed by atoms with E-state index in [1.54, 1.807) is 6.07 Å². The van der Waals surface area contributed by atoms with E-state index in [9.17, 15) is 18.3 Å². The molecule has 0 bridgehead atoms. The number of rotatable bonds is 5. The number of aliphatic hydroxyl groups excluding tert-OH is 1. The van der Waals surface area contributed by atoms with Gasteiger partial charge in [-0.1, -0.05) is 24.3 Å². The van der Waals surface area contributed by atoms with Crippen LogP contribution in [0.1, 0.15) is 53.6 Å². The van der Waals surface area contributed by atoms with Gasteiger partial charge in [-0.2, -0.15) is 13.2 Å². The lowest BCUT2D eigenvalue weighted by Gasteiger charge is -2.31. The Morgan fingerprint density at radius 3 is 2.51 bits per heavy atom. The topological polar surface area (TPSA) is 70.5 Å². The summed E-state index contributed by atoms with van der Waals surface area (Å²) < 4.78 is 44.7. The number of morpholine rings is 1. The third-order valence-electron chi connectivity index (χ3n) is 6.89. The van der Waals surface area contributed by atoms with Crippen molar-refractivity contribution >= 4 is 22.4 Å². The number of nitrogens with one attached hydrogen (secondary N) is 1. The highest BCUT2D eigenvalue weighted by Gasteiger charge is 2.39. The van der Waals surface area contributed by atoms with E-state index in [0.29, 0.717) is 30.4 Å². The third kappa shape index (κ3) is 4.67. The summed E-state index contributed by atoms with van der Waals surface area (Å²) in [4.78, 5) is 11.8. The predicted molar refractivity (Wildman–Crippen MR) is 129 cm³/mol. The monoisotopic (exact) mass is 486 g/mol. The summed E-state index contributed by atoms with van der Waals surface area (Å²) in [5, 5.41) is 14.0. The summed E-state index contributed by atoms with van der Waals surface area (Å²) in [6.07, 6.45) is -4.16. The zero-order valence-electron chi connectivity index (χ0n) is 19.8. The van der Waals surface area contributed by atoms with E-state index < -0.39 is 12.3 Å². The quantitative estimate of drug-likeness (QED) is 0.527. The van der Waals surface area contributed by atoms with E-state index in [0.717, 1.165) is 43.3 Å². The zero-order valence-corrected chi connectivity index (χ0v) is 19.8. The minimum Gasteiger partial charge on any atom is -0.379 e. The van der Waals surface area contributed by atoms with E-state index in [-0.39, 0.29) is 11.6 Å². The third-order valence-corrected chi connectivity index (χ3v) is 6.89. The Balaban J connectivity index is 1.53. The summed E-state index contributed by atoms with van der Waals surface area (Å²) in [7, 11) is 0. The standard InChI is InChI=1S/C26H29F3N4O2/c1-15(17-5-3-6-18(13-17)24(34)26(27,28)29)30-25-21-14-22(33-9-11-35-12-10-33)19-7-4-8-20(19)23(21)31-16(2)32-25/h3,5-6,13-15,24,34H,4,7-12H2,1-2H3,(H,30,31,32)/t15-,24?/m0/s1. The molecule has 1 aliphatic heterocycles. The molecule has 0 saturated carbocycles. The van der Waals surface area contributed by atoms with Gasteiger partial charge in [-0.15, -0.1) is 0 Å². The number of benzene rings is 2. The average molecular weight is 487 g/mol. The second kappa shape index (κ2) is 9.28. The van der Waals surface area contributed by atoms with Crippen molar-refractivity contribution in [2.45, 2.75) is 51.4 Å². The highest BCUT2D eigenvalue weighted by molar-refractivity contribution is 5.96.